The predicted octanol–water partition coefficient (Wildman–Crippen LogP) is 5.06. The minimum atomic E-state index is -1.10. The standard InChI is InChI=1S/C38H34N4O8S2/c1-17-19(3)51-35(23(17)37(47)49-5)39-31(43)25-27(21-13-9-7-10-14-21)42-30-26(28(22-15-11-8-12-16-22)41(42)29(25)33(39)45)32(44)40(34(30)46)36-24(38(48)50-6)18(2)20(4)52-36/h7-16,25-30H,1-6H3/t25-,26-,27+,28+,29-,30+/m0/s1. The van der Waals surface area contributed by atoms with Gasteiger partial charge in [0.25, 0.3) is 11.8 Å². The number of benzene rings is 2. The van der Waals surface area contributed by atoms with Crippen molar-refractivity contribution in [2.24, 2.45) is 11.8 Å². The molecule has 266 valence electrons. The van der Waals surface area contributed by atoms with Crippen LogP contribution in [0.1, 0.15) is 64.8 Å². The Balaban J connectivity index is 1.33. The Labute approximate surface area is 307 Å². The first kappa shape index (κ1) is 34.1. The molecule has 0 unspecified atom stereocenters. The molecule has 6 atom stereocenters. The number of esters is 2. The van der Waals surface area contributed by atoms with Crippen molar-refractivity contribution in [2.75, 3.05) is 24.0 Å². The molecule has 4 fully saturated rings. The lowest BCUT2D eigenvalue weighted by Crippen LogP contribution is -2.50. The fourth-order valence-corrected chi connectivity index (χ4v) is 10.7. The minimum absolute atomic E-state index is 0.154. The molecule has 0 saturated carbocycles. The topological polar surface area (TPSA) is 134 Å². The molecule has 4 aliphatic heterocycles. The number of thiophene rings is 2. The van der Waals surface area contributed by atoms with E-state index in [1.54, 1.807) is 23.9 Å². The maximum absolute atomic E-state index is 14.9. The molecule has 0 bridgehead atoms. The maximum Gasteiger partial charge on any atom is 0.341 e. The van der Waals surface area contributed by atoms with Gasteiger partial charge >= 0.3 is 11.9 Å². The summed E-state index contributed by atoms with van der Waals surface area (Å²) in [5.74, 6) is -5.45. The van der Waals surface area contributed by atoms with Gasteiger partial charge in [0, 0.05) is 9.75 Å². The van der Waals surface area contributed by atoms with Crippen LogP contribution in [-0.4, -0.2) is 71.9 Å². The number of hydrogen-bond donors (Lipinski definition) is 0. The number of hydrazine groups is 1. The lowest BCUT2D eigenvalue weighted by molar-refractivity contribution is -0.135. The summed E-state index contributed by atoms with van der Waals surface area (Å²) in [7, 11) is 2.50. The van der Waals surface area contributed by atoms with Crippen molar-refractivity contribution in [3.8, 4) is 0 Å². The van der Waals surface area contributed by atoms with Crippen LogP contribution in [-0.2, 0) is 28.7 Å². The van der Waals surface area contributed by atoms with Crippen molar-refractivity contribution in [1.82, 2.24) is 10.0 Å². The normalized spacial score (nSPS) is 25.6. The quantitative estimate of drug-likeness (QED) is 0.195. The van der Waals surface area contributed by atoms with Crippen molar-refractivity contribution < 1.29 is 38.2 Å². The number of methoxy groups -OCH3 is 2. The number of ether oxygens (including phenoxy) is 2. The Bertz CT molecular complexity index is 2060. The van der Waals surface area contributed by atoms with Crippen LogP contribution in [0.15, 0.2) is 60.7 Å². The van der Waals surface area contributed by atoms with Gasteiger partial charge in [0.1, 0.15) is 22.1 Å². The molecule has 0 aliphatic carbocycles. The zero-order valence-corrected chi connectivity index (χ0v) is 30.7. The van der Waals surface area contributed by atoms with Gasteiger partial charge < -0.3 is 9.47 Å². The minimum Gasteiger partial charge on any atom is -0.465 e. The zero-order valence-electron chi connectivity index (χ0n) is 29.1. The van der Waals surface area contributed by atoms with E-state index < -0.39 is 71.6 Å². The van der Waals surface area contributed by atoms with Gasteiger partial charge in [0.2, 0.25) is 11.8 Å². The zero-order chi connectivity index (χ0) is 36.9. The number of amides is 4. The van der Waals surface area contributed by atoms with E-state index in [-0.39, 0.29) is 21.1 Å². The monoisotopic (exact) mass is 738 g/mol. The molecule has 6 heterocycles. The van der Waals surface area contributed by atoms with E-state index >= 15 is 0 Å². The molecule has 0 spiro atoms. The largest absolute Gasteiger partial charge is 0.465 e. The molecule has 2 aromatic carbocycles. The summed E-state index contributed by atoms with van der Waals surface area (Å²) in [6, 6.07) is 14.5. The third kappa shape index (κ3) is 4.50. The second-order valence-electron chi connectivity index (χ2n) is 13.3. The van der Waals surface area contributed by atoms with Crippen LogP contribution < -0.4 is 9.80 Å². The van der Waals surface area contributed by atoms with Crippen molar-refractivity contribution in [1.29, 1.82) is 0 Å². The molecular weight excluding hydrogens is 705 g/mol. The first-order valence-electron chi connectivity index (χ1n) is 16.7. The van der Waals surface area contributed by atoms with E-state index in [9.17, 15) is 28.8 Å². The number of carbonyl (C=O) groups is 6. The fourth-order valence-electron chi connectivity index (χ4n) is 8.42. The van der Waals surface area contributed by atoms with Crippen LogP contribution in [0.25, 0.3) is 0 Å². The summed E-state index contributed by atoms with van der Waals surface area (Å²) < 4.78 is 10.2. The van der Waals surface area contributed by atoms with Gasteiger partial charge in [-0.05, 0) is 49.9 Å². The number of anilines is 2. The van der Waals surface area contributed by atoms with E-state index in [1.165, 1.54) is 36.9 Å². The van der Waals surface area contributed by atoms with E-state index in [2.05, 4.69) is 0 Å². The van der Waals surface area contributed by atoms with Gasteiger partial charge in [-0.1, -0.05) is 60.7 Å². The highest BCUT2D eigenvalue weighted by molar-refractivity contribution is 7.17. The number of fused-ring (bicyclic) bond motifs is 5. The second kappa shape index (κ2) is 12.3. The number of aryl methyl sites for hydroxylation is 2. The van der Waals surface area contributed by atoms with E-state index in [0.717, 1.165) is 19.6 Å². The van der Waals surface area contributed by atoms with Gasteiger partial charge in [-0.3, -0.25) is 19.2 Å². The first-order valence-corrected chi connectivity index (χ1v) is 18.4. The summed E-state index contributed by atoms with van der Waals surface area (Å²) >= 11 is 2.34. The third-order valence-electron chi connectivity index (χ3n) is 10.9. The Morgan fingerprint density at radius 3 is 1.21 bits per heavy atom. The van der Waals surface area contributed by atoms with Crippen molar-refractivity contribution in [3.63, 3.8) is 0 Å². The van der Waals surface area contributed by atoms with Crippen LogP contribution in [0.2, 0.25) is 0 Å². The number of nitrogens with zero attached hydrogens (tertiary/aromatic N) is 4. The summed E-state index contributed by atoms with van der Waals surface area (Å²) in [5.41, 5.74) is 2.90. The Kier molecular flexibility index (Phi) is 8.06. The number of rotatable bonds is 6. The molecule has 14 heteroatoms. The van der Waals surface area contributed by atoms with Gasteiger partial charge in [-0.2, -0.15) is 0 Å². The van der Waals surface area contributed by atoms with Gasteiger partial charge in [0.15, 0.2) is 0 Å². The van der Waals surface area contributed by atoms with Crippen LogP contribution in [0.5, 0.6) is 0 Å². The van der Waals surface area contributed by atoms with Crippen LogP contribution in [0.3, 0.4) is 0 Å². The average Bonchev–Trinajstić information content (AvgIpc) is 3.93. The van der Waals surface area contributed by atoms with Crippen LogP contribution in [0.4, 0.5) is 10.0 Å². The summed E-state index contributed by atoms with van der Waals surface area (Å²) in [6.07, 6.45) is 0. The lowest BCUT2D eigenvalue weighted by Gasteiger charge is -2.35. The highest BCUT2D eigenvalue weighted by Crippen LogP contribution is 2.60. The van der Waals surface area contributed by atoms with E-state index in [0.29, 0.717) is 22.3 Å². The molecule has 0 N–H and O–H groups in total. The van der Waals surface area contributed by atoms with Crippen LogP contribution in [0, 0.1) is 39.5 Å². The molecular formula is C38H34N4O8S2. The summed E-state index contributed by atoms with van der Waals surface area (Å²) in [5, 5.41) is 3.93. The number of imide groups is 2. The van der Waals surface area contributed by atoms with Crippen molar-refractivity contribution in [3.05, 3.63) is 104 Å². The van der Waals surface area contributed by atoms with Gasteiger partial charge in [-0.15, -0.1) is 22.7 Å². The molecule has 8 rings (SSSR count). The molecule has 4 aliphatic rings. The molecule has 4 saturated heterocycles. The fraction of sp³-hybridized carbons (Fsp3) is 0.316. The summed E-state index contributed by atoms with van der Waals surface area (Å²) in [6.45, 7) is 7.13. The van der Waals surface area contributed by atoms with Gasteiger partial charge in [0.05, 0.1) is 49.3 Å². The van der Waals surface area contributed by atoms with Gasteiger partial charge in [-0.25, -0.2) is 29.4 Å². The summed E-state index contributed by atoms with van der Waals surface area (Å²) in [4.78, 5) is 89.3. The predicted molar refractivity (Wildman–Crippen MR) is 192 cm³/mol. The first-order chi connectivity index (χ1) is 24.9. The Morgan fingerprint density at radius 1 is 0.538 bits per heavy atom. The molecule has 4 amide bonds. The molecule has 52 heavy (non-hydrogen) atoms. The smallest absolute Gasteiger partial charge is 0.341 e. The third-order valence-corrected chi connectivity index (χ3v) is 13.3. The molecule has 12 nitrogen and oxygen atoms in total. The molecule has 4 aromatic rings. The van der Waals surface area contributed by atoms with Crippen molar-refractivity contribution in [2.45, 2.75) is 51.9 Å². The number of hydrogen-bond acceptors (Lipinski definition) is 12. The average molecular weight is 739 g/mol. The van der Waals surface area contributed by atoms with E-state index in [4.69, 9.17) is 9.47 Å². The molecule has 0 radical (unpaired) electrons. The number of carbonyl (C=O) groups excluding carboxylic acids is 6. The molecule has 2 aromatic heterocycles. The maximum atomic E-state index is 14.9. The highest BCUT2D eigenvalue weighted by atomic mass is 32.1. The lowest BCUT2D eigenvalue weighted by atomic mass is 9.84. The van der Waals surface area contributed by atoms with Crippen LogP contribution >= 0.6 is 22.7 Å². The van der Waals surface area contributed by atoms with Crippen molar-refractivity contribution >= 4 is 68.2 Å². The highest BCUT2D eigenvalue weighted by Gasteiger charge is 2.74. The Morgan fingerprint density at radius 2 is 0.885 bits per heavy atom. The second-order valence-corrected chi connectivity index (χ2v) is 15.8. The van der Waals surface area contributed by atoms with E-state index in [1.807, 2.05) is 74.5 Å². The SMILES string of the molecule is COC(=O)c1c(N2C(=O)[C@@H]3[C@@H](C2=O)N2[C@H](c4ccccc4)[C@@H]4C(=O)N(c5sc(C)c(C)c5C(=O)OC)C(=O)[C@@H]4N2[C@@H]3c2ccccc2)sc(C)c1C. The Hall–Kier alpha value is -5.02.